The molecule has 1 saturated carbocycles. The van der Waals surface area contributed by atoms with Crippen molar-refractivity contribution in [3.63, 3.8) is 0 Å². The first-order chi connectivity index (χ1) is 7.92. The molecule has 16 heavy (non-hydrogen) atoms. The van der Waals surface area contributed by atoms with Gasteiger partial charge in [-0.2, -0.15) is 0 Å². The van der Waals surface area contributed by atoms with Crippen LogP contribution < -0.4 is 5.32 Å². The van der Waals surface area contributed by atoms with E-state index in [0.717, 1.165) is 38.0 Å². The van der Waals surface area contributed by atoms with Crippen molar-refractivity contribution in [3.8, 4) is 0 Å². The maximum atomic E-state index is 5.01. The summed E-state index contributed by atoms with van der Waals surface area (Å²) in [4.78, 5) is 0. The van der Waals surface area contributed by atoms with E-state index in [1.165, 1.54) is 12.0 Å². The predicted octanol–water partition coefficient (Wildman–Crippen LogP) is 2.42. The fourth-order valence-corrected chi connectivity index (χ4v) is 2.21. The van der Waals surface area contributed by atoms with Gasteiger partial charge in [0.2, 0.25) is 0 Å². The number of methoxy groups -OCH3 is 1. The average molecular weight is 219 g/mol. The first-order valence-electron chi connectivity index (χ1n) is 6.16. The quantitative estimate of drug-likeness (QED) is 0.711. The lowest BCUT2D eigenvalue weighted by Gasteiger charge is -2.04. The van der Waals surface area contributed by atoms with Gasteiger partial charge in [0.05, 0.1) is 0 Å². The molecule has 1 N–H and O–H groups in total. The summed E-state index contributed by atoms with van der Waals surface area (Å²) < 4.78 is 5.01. The van der Waals surface area contributed by atoms with Gasteiger partial charge in [0, 0.05) is 13.7 Å². The van der Waals surface area contributed by atoms with E-state index in [1.807, 2.05) is 0 Å². The van der Waals surface area contributed by atoms with E-state index in [9.17, 15) is 0 Å². The molecule has 0 amide bonds. The average Bonchev–Trinajstić information content (AvgIpc) is 3.10. The molecule has 1 aliphatic carbocycles. The summed E-state index contributed by atoms with van der Waals surface area (Å²) >= 11 is 0. The lowest BCUT2D eigenvalue weighted by Crippen LogP contribution is -2.19. The molecule has 0 saturated heterocycles. The zero-order chi connectivity index (χ0) is 11.2. The van der Waals surface area contributed by atoms with E-state index in [0.29, 0.717) is 0 Å². The van der Waals surface area contributed by atoms with E-state index in [1.54, 1.807) is 7.11 Å². The summed E-state index contributed by atoms with van der Waals surface area (Å²) in [6.07, 6.45) is 2.46. The molecule has 2 rings (SSSR count). The van der Waals surface area contributed by atoms with Crippen LogP contribution in [0.2, 0.25) is 0 Å². The molecule has 1 aliphatic rings. The van der Waals surface area contributed by atoms with Crippen molar-refractivity contribution in [1.29, 1.82) is 0 Å². The lowest BCUT2D eigenvalue weighted by atomic mass is 10.1. The maximum absolute atomic E-state index is 5.01. The van der Waals surface area contributed by atoms with Gasteiger partial charge in [0.1, 0.15) is 0 Å². The summed E-state index contributed by atoms with van der Waals surface area (Å²) in [5.41, 5.74) is 1.51. The largest absolute Gasteiger partial charge is 0.385 e. The van der Waals surface area contributed by atoms with Gasteiger partial charge in [-0.1, -0.05) is 30.3 Å². The van der Waals surface area contributed by atoms with E-state index >= 15 is 0 Å². The Hall–Kier alpha value is -0.860. The van der Waals surface area contributed by atoms with E-state index in [-0.39, 0.29) is 0 Å². The number of nitrogens with one attached hydrogen (secondary N) is 1. The second-order valence-corrected chi connectivity index (χ2v) is 4.56. The first kappa shape index (κ1) is 11.6. The molecular formula is C14H21NO. The third-order valence-corrected chi connectivity index (χ3v) is 3.26. The number of hydrogen-bond acceptors (Lipinski definition) is 2. The second-order valence-electron chi connectivity index (χ2n) is 4.56. The van der Waals surface area contributed by atoms with Gasteiger partial charge in [0.25, 0.3) is 0 Å². The van der Waals surface area contributed by atoms with Crippen molar-refractivity contribution in [3.05, 3.63) is 35.9 Å². The van der Waals surface area contributed by atoms with Crippen LogP contribution in [0.4, 0.5) is 0 Å². The lowest BCUT2D eigenvalue weighted by molar-refractivity contribution is 0.194. The Morgan fingerprint density at radius 2 is 2.12 bits per heavy atom. The number of benzene rings is 1. The molecule has 1 aromatic rings. The molecule has 0 aliphatic heterocycles. The second kappa shape index (κ2) is 6.02. The third-order valence-electron chi connectivity index (χ3n) is 3.26. The van der Waals surface area contributed by atoms with Gasteiger partial charge in [-0.3, -0.25) is 0 Å². The number of ether oxygens (including phenoxy) is 1. The molecule has 1 fully saturated rings. The van der Waals surface area contributed by atoms with E-state index in [4.69, 9.17) is 4.74 Å². The third kappa shape index (κ3) is 3.32. The molecule has 2 nitrogen and oxygen atoms in total. The zero-order valence-electron chi connectivity index (χ0n) is 9.99. The van der Waals surface area contributed by atoms with Crippen molar-refractivity contribution in [2.75, 3.05) is 26.8 Å². The number of hydrogen-bond donors (Lipinski definition) is 1. The van der Waals surface area contributed by atoms with Gasteiger partial charge in [-0.05, 0) is 43.3 Å². The van der Waals surface area contributed by atoms with Crippen LogP contribution in [0.3, 0.4) is 0 Å². The van der Waals surface area contributed by atoms with Crippen LogP contribution in [0.15, 0.2) is 30.3 Å². The van der Waals surface area contributed by atoms with Gasteiger partial charge in [0.15, 0.2) is 0 Å². The maximum Gasteiger partial charge on any atom is 0.0474 e. The minimum atomic E-state index is 0.802. The Labute approximate surface area is 98.0 Å². The Balaban J connectivity index is 1.61. The minimum Gasteiger partial charge on any atom is -0.385 e. The molecule has 1 aromatic carbocycles. The highest BCUT2D eigenvalue weighted by Crippen LogP contribution is 2.46. The van der Waals surface area contributed by atoms with Crippen molar-refractivity contribution in [2.24, 2.45) is 5.92 Å². The topological polar surface area (TPSA) is 21.3 Å². The molecule has 2 atom stereocenters. The summed E-state index contributed by atoms with van der Waals surface area (Å²) in [5.74, 6) is 1.65. The Morgan fingerprint density at radius 1 is 1.31 bits per heavy atom. The fourth-order valence-electron chi connectivity index (χ4n) is 2.21. The normalized spacial score (nSPS) is 23.3. The van der Waals surface area contributed by atoms with Crippen LogP contribution in [0.25, 0.3) is 0 Å². The Morgan fingerprint density at radius 3 is 2.88 bits per heavy atom. The molecule has 0 spiro atoms. The molecule has 88 valence electrons. The van der Waals surface area contributed by atoms with Gasteiger partial charge < -0.3 is 10.1 Å². The highest BCUT2D eigenvalue weighted by atomic mass is 16.5. The highest BCUT2D eigenvalue weighted by molar-refractivity contribution is 5.25. The zero-order valence-corrected chi connectivity index (χ0v) is 9.99. The van der Waals surface area contributed by atoms with E-state index < -0.39 is 0 Å². The van der Waals surface area contributed by atoms with Crippen molar-refractivity contribution >= 4 is 0 Å². The highest BCUT2D eigenvalue weighted by Gasteiger charge is 2.37. The van der Waals surface area contributed by atoms with Crippen molar-refractivity contribution in [1.82, 2.24) is 5.32 Å². The summed E-state index contributed by atoms with van der Waals surface area (Å²) in [6, 6.07) is 10.8. The molecule has 0 aromatic heterocycles. The van der Waals surface area contributed by atoms with Crippen molar-refractivity contribution in [2.45, 2.75) is 18.8 Å². The standard InChI is InChI=1S/C14H21NO/c1-16-9-5-8-15-11-13-10-14(13)12-6-3-2-4-7-12/h2-4,6-7,13-15H,5,8-11H2,1H3. The first-order valence-corrected chi connectivity index (χ1v) is 6.16. The molecule has 2 heteroatoms. The Bertz CT molecular complexity index is 299. The monoisotopic (exact) mass is 219 g/mol. The smallest absolute Gasteiger partial charge is 0.0474 e. The summed E-state index contributed by atoms with van der Waals surface area (Å²) in [6.45, 7) is 3.09. The van der Waals surface area contributed by atoms with Crippen LogP contribution in [0, 0.1) is 5.92 Å². The summed E-state index contributed by atoms with van der Waals surface area (Å²) in [7, 11) is 1.76. The Kier molecular flexibility index (Phi) is 4.37. The minimum absolute atomic E-state index is 0.802. The van der Waals surface area contributed by atoms with Crippen LogP contribution in [-0.4, -0.2) is 26.8 Å². The van der Waals surface area contributed by atoms with Crippen LogP contribution >= 0.6 is 0 Å². The predicted molar refractivity (Wildman–Crippen MR) is 66.7 cm³/mol. The molecule has 0 radical (unpaired) electrons. The van der Waals surface area contributed by atoms with Gasteiger partial charge >= 0.3 is 0 Å². The van der Waals surface area contributed by atoms with E-state index in [2.05, 4.69) is 35.6 Å². The molecule has 0 heterocycles. The van der Waals surface area contributed by atoms with Gasteiger partial charge in [-0.25, -0.2) is 0 Å². The van der Waals surface area contributed by atoms with Gasteiger partial charge in [-0.15, -0.1) is 0 Å². The van der Waals surface area contributed by atoms with Crippen LogP contribution in [-0.2, 0) is 4.74 Å². The summed E-state index contributed by atoms with van der Waals surface area (Å²) in [5, 5.41) is 3.50. The van der Waals surface area contributed by atoms with Crippen LogP contribution in [0.1, 0.15) is 24.3 Å². The molecule has 0 bridgehead atoms. The van der Waals surface area contributed by atoms with Crippen molar-refractivity contribution < 1.29 is 4.74 Å². The SMILES string of the molecule is COCCCNCC1CC1c1ccccc1. The number of rotatable bonds is 7. The fraction of sp³-hybridized carbons (Fsp3) is 0.571. The van der Waals surface area contributed by atoms with Crippen LogP contribution in [0.5, 0.6) is 0 Å². The molecule has 2 unspecified atom stereocenters. The molecular weight excluding hydrogens is 198 g/mol.